The van der Waals surface area contributed by atoms with Crippen LogP contribution in [0.5, 0.6) is 0 Å². The average molecular weight is 751 g/mol. The first kappa shape index (κ1) is 35.8. The third-order valence-corrected chi connectivity index (χ3v) is 16.0. The molecular weight excluding hydrogens is 689 g/mol. The molecule has 11 rings (SSSR count). The summed E-state index contributed by atoms with van der Waals surface area (Å²) < 4.78 is 2.82. The van der Waals surface area contributed by atoms with Gasteiger partial charge >= 0.3 is 0 Å². The molecule has 8 aliphatic rings. The van der Waals surface area contributed by atoms with Crippen molar-refractivity contribution in [2.45, 2.75) is 129 Å². The zero-order valence-electron chi connectivity index (χ0n) is 34.7. The van der Waals surface area contributed by atoms with Crippen molar-refractivity contribution in [2.75, 3.05) is 4.90 Å². The highest BCUT2D eigenvalue weighted by atomic mass is 15.2. The zero-order valence-corrected chi connectivity index (χ0v) is 34.7. The van der Waals surface area contributed by atoms with Gasteiger partial charge in [0.2, 0.25) is 0 Å². The number of fused-ring (bicyclic) bond motifs is 7. The summed E-state index contributed by atoms with van der Waals surface area (Å²) in [7, 11) is 0. The topological polar surface area (TPSA) is 8.17 Å². The normalized spacial score (nSPS) is 27.1. The van der Waals surface area contributed by atoms with Crippen molar-refractivity contribution in [3.8, 4) is 11.1 Å². The molecule has 8 aliphatic carbocycles. The van der Waals surface area contributed by atoms with Gasteiger partial charge in [-0.3, -0.25) is 0 Å². The van der Waals surface area contributed by atoms with Crippen molar-refractivity contribution in [1.82, 2.24) is 4.57 Å². The highest BCUT2D eigenvalue weighted by molar-refractivity contribution is 5.73. The van der Waals surface area contributed by atoms with E-state index in [4.69, 9.17) is 0 Å². The molecule has 2 aromatic carbocycles. The van der Waals surface area contributed by atoms with E-state index in [2.05, 4.69) is 120 Å². The fraction of sp³-hybridized carbons (Fsp3) is 0.455. The van der Waals surface area contributed by atoms with Gasteiger partial charge in [-0.1, -0.05) is 86.7 Å². The quantitative estimate of drug-likeness (QED) is 0.244. The second-order valence-electron chi connectivity index (χ2n) is 19.3. The summed E-state index contributed by atoms with van der Waals surface area (Å²) in [5, 5.41) is 0. The zero-order chi connectivity index (χ0) is 38.1. The van der Waals surface area contributed by atoms with Gasteiger partial charge in [0, 0.05) is 40.1 Å². The number of allylic oxidation sites excluding steroid dienone is 12. The molecule has 1 aromatic heterocycles. The van der Waals surface area contributed by atoms with E-state index >= 15 is 0 Å². The Bertz CT molecular complexity index is 2310. The SMILES string of the molecule is CC1(C)C2=CCCC=C2C2CC=C(N(C3=CCC(C4CCCC=C4n4c5c(c6c4CCCC6)CCC=C5)CC3)c3ccc(-c4ccc5c(c4)C=CCC5)cc3)CC21. The van der Waals surface area contributed by atoms with Crippen molar-refractivity contribution >= 4 is 23.5 Å². The number of hydrogen-bond acceptors (Lipinski definition) is 1. The van der Waals surface area contributed by atoms with Gasteiger partial charge in [0.1, 0.15) is 0 Å². The van der Waals surface area contributed by atoms with Gasteiger partial charge < -0.3 is 9.47 Å². The molecule has 0 saturated heterocycles. The van der Waals surface area contributed by atoms with E-state index in [1.54, 1.807) is 39.4 Å². The Hall–Kier alpha value is -4.30. The highest BCUT2D eigenvalue weighted by Crippen LogP contribution is 2.60. The van der Waals surface area contributed by atoms with Crippen LogP contribution < -0.4 is 4.90 Å². The third-order valence-electron chi connectivity index (χ3n) is 16.0. The maximum Gasteiger partial charge on any atom is 0.0487 e. The molecule has 0 aliphatic heterocycles. The number of aromatic nitrogens is 1. The predicted octanol–water partition coefficient (Wildman–Crippen LogP) is 14.4. The molecule has 292 valence electrons. The molecule has 3 aromatic rings. The minimum absolute atomic E-state index is 0.217. The van der Waals surface area contributed by atoms with Gasteiger partial charge in [-0.05, 0) is 208 Å². The van der Waals surface area contributed by atoms with Crippen LogP contribution in [0, 0.1) is 29.1 Å². The minimum atomic E-state index is 0.217. The Labute approximate surface area is 342 Å². The highest BCUT2D eigenvalue weighted by Gasteiger charge is 2.50. The molecule has 0 N–H and O–H groups in total. The van der Waals surface area contributed by atoms with Crippen molar-refractivity contribution < 1.29 is 0 Å². The fourth-order valence-corrected chi connectivity index (χ4v) is 13.1. The Morgan fingerprint density at radius 3 is 2.37 bits per heavy atom. The van der Waals surface area contributed by atoms with Gasteiger partial charge in [0.15, 0.2) is 0 Å². The molecule has 1 heterocycles. The molecule has 1 saturated carbocycles. The Kier molecular flexibility index (Phi) is 9.12. The van der Waals surface area contributed by atoms with Crippen molar-refractivity contribution in [3.05, 3.63) is 141 Å². The van der Waals surface area contributed by atoms with Crippen LogP contribution in [0.2, 0.25) is 0 Å². The predicted molar refractivity (Wildman–Crippen MR) is 241 cm³/mol. The van der Waals surface area contributed by atoms with Crippen LogP contribution in [0.15, 0.2) is 108 Å². The summed E-state index contributed by atoms with van der Waals surface area (Å²) in [4.78, 5) is 2.74. The number of rotatable bonds is 6. The van der Waals surface area contributed by atoms with E-state index in [0.29, 0.717) is 23.7 Å². The number of nitrogens with zero attached hydrogens (tertiary/aromatic N) is 2. The first-order valence-corrected chi connectivity index (χ1v) is 23.1. The molecule has 4 unspecified atom stereocenters. The largest absolute Gasteiger partial charge is 0.319 e. The van der Waals surface area contributed by atoms with E-state index in [1.165, 1.54) is 123 Å². The van der Waals surface area contributed by atoms with Crippen LogP contribution in [0.1, 0.15) is 137 Å². The monoisotopic (exact) mass is 750 g/mol. The van der Waals surface area contributed by atoms with Crippen molar-refractivity contribution in [1.29, 1.82) is 0 Å². The summed E-state index contributed by atoms with van der Waals surface area (Å²) in [6, 6.07) is 16.8. The van der Waals surface area contributed by atoms with Crippen LogP contribution >= 0.6 is 0 Å². The van der Waals surface area contributed by atoms with Gasteiger partial charge in [-0.15, -0.1) is 0 Å². The van der Waals surface area contributed by atoms with Gasteiger partial charge in [-0.2, -0.15) is 0 Å². The summed E-state index contributed by atoms with van der Waals surface area (Å²) in [6.45, 7) is 5.10. The maximum atomic E-state index is 2.82. The summed E-state index contributed by atoms with van der Waals surface area (Å²) in [5.74, 6) is 2.66. The van der Waals surface area contributed by atoms with Crippen LogP contribution in [0.25, 0.3) is 29.0 Å². The van der Waals surface area contributed by atoms with E-state index in [9.17, 15) is 0 Å². The lowest BCUT2D eigenvalue weighted by atomic mass is 9.71. The number of benzene rings is 2. The van der Waals surface area contributed by atoms with Gasteiger partial charge in [0.25, 0.3) is 0 Å². The number of aryl methyl sites for hydroxylation is 1. The van der Waals surface area contributed by atoms with E-state index in [0.717, 1.165) is 32.1 Å². The Balaban J connectivity index is 0.921. The molecule has 2 nitrogen and oxygen atoms in total. The Morgan fingerprint density at radius 2 is 1.47 bits per heavy atom. The molecule has 1 fully saturated rings. The summed E-state index contributed by atoms with van der Waals surface area (Å²) >= 11 is 0. The van der Waals surface area contributed by atoms with Crippen LogP contribution in [-0.2, 0) is 25.7 Å². The lowest BCUT2D eigenvalue weighted by molar-refractivity contribution is 0.236. The molecule has 57 heavy (non-hydrogen) atoms. The molecule has 0 radical (unpaired) electrons. The maximum absolute atomic E-state index is 2.82. The molecule has 4 atom stereocenters. The van der Waals surface area contributed by atoms with E-state index in [-0.39, 0.29) is 5.41 Å². The van der Waals surface area contributed by atoms with Gasteiger partial charge in [0.05, 0.1) is 0 Å². The summed E-state index contributed by atoms with van der Waals surface area (Å²) in [6.07, 6.45) is 45.1. The molecule has 2 heteroatoms. The minimum Gasteiger partial charge on any atom is -0.319 e. The molecular formula is C55H62N2. The molecule has 0 amide bonds. The fourth-order valence-electron chi connectivity index (χ4n) is 13.1. The van der Waals surface area contributed by atoms with Crippen LogP contribution in [-0.4, -0.2) is 4.57 Å². The Morgan fingerprint density at radius 1 is 0.649 bits per heavy atom. The van der Waals surface area contributed by atoms with E-state index in [1.807, 2.05) is 0 Å². The average Bonchev–Trinajstić information content (AvgIpc) is 3.72. The first-order valence-electron chi connectivity index (χ1n) is 23.1. The smallest absolute Gasteiger partial charge is 0.0487 e. The van der Waals surface area contributed by atoms with Crippen molar-refractivity contribution in [2.24, 2.45) is 29.1 Å². The lowest BCUT2D eigenvalue weighted by Gasteiger charge is -2.41. The first-order chi connectivity index (χ1) is 28.0. The van der Waals surface area contributed by atoms with Crippen molar-refractivity contribution in [3.63, 3.8) is 0 Å². The van der Waals surface area contributed by atoms with Gasteiger partial charge in [-0.25, -0.2) is 0 Å². The number of hydrogen-bond donors (Lipinski definition) is 0. The van der Waals surface area contributed by atoms with Crippen LogP contribution in [0.3, 0.4) is 0 Å². The second kappa shape index (κ2) is 14.5. The second-order valence-corrected chi connectivity index (χ2v) is 19.3. The summed E-state index contributed by atoms with van der Waals surface area (Å²) in [5.41, 5.74) is 21.8. The lowest BCUT2D eigenvalue weighted by Crippen LogP contribution is -2.33. The molecule has 0 spiro atoms. The third kappa shape index (κ3) is 6.10. The number of anilines is 1. The standard InChI is InChI=1S/C55H62N2/c1-55(2)50-19-9-5-16-46(50)47-34-33-44(36-51(47)55)56(42-29-25-38(26-30-42)41-24-23-37-13-3-4-14-40(37)35-41)43-31-27-39(28-32-43)45-15-6-10-20-52(45)57-53-21-11-7-17-48(53)49-18-8-12-22-54(49)57/h4,11,14,16,19-21,23-26,29-31,33,35,39,45,47,51H,3,5-10,12-13,15,17-18,22,27-28,32,34,36H2,1-2H3. The van der Waals surface area contributed by atoms with Crippen LogP contribution in [0.4, 0.5) is 5.69 Å². The van der Waals surface area contributed by atoms with E-state index < -0.39 is 0 Å². The molecule has 0 bridgehead atoms.